The fraction of sp³-hybridized carbons (Fsp3) is 0.550. The molecule has 1 aliphatic heterocycles. The molecule has 9 nitrogen and oxygen atoms in total. The number of aromatic nitrogens is 2. The zero-order chi connectivity index (χ0) is 22.2. The van der Waals surface area contributed by atoms with Gasteiger partial charge in [0.1, 0.15) is 16.3 Å². The molecule has 0 aliphatic carbocycles. The number of nitrogens with one attached hydrogen (secondary N) is 1. The Hall–Kier alpha value is -2.46. The summed E-state index contributed by atoms with van der Waals surface area (Å²) in [5.41, 5.74) is 2.78. The van der Waals surface area contributed by atoms with E-state index >= 15 is 0 Å². The Bertz CT molecular complexity index is 1060. The van der Waals surface area contributed by atoms with E-state index in [1.54, 1.807) is 25.7 Å². The fourth-order valence-electron chi connectivity index (χ4n) is 4.10. The third-order valence-electron chi connectivity index (χ3n) is 5.45. The zero-order valence-corrected chi connectivity index (χ0v) is 18.9. The molecule has 1 aliphatic rings. The minimum Gasteiger partial charge on any atom is -0.360 e. The van der Waals surface area contributed by atoms with E-state index in [1.807, 2.05) is 6.92 Å². The summed E-state index contributed by atoms with van der Waals surface area (Å²) in [5.74, 6) is -0.0149. The van der Waals surface area contributed by atoms with Crippen LogP contribution in [0.3, 0.4) is 0 Å². The van der Waals surface area contributed by atoms with E-state index in [0.717, 1.165) is 12.0 Å². The SMILES string of the molecule is CCCc1c(C(=O)N2CCN(S(=O)(=O)c3c(C)noc3C)CC2)[nH]c(C)c1C(C)=O. The Labute approximate surface area is 176 Å². The molecule has 0 unspecified atom stereocenters. The second-order valence-corrected chi connectivity index (χ2v) is 9.51. The van der Waals surface area contributed by atoms with Crippen molar-refractivity contribution in [2.24, 2.45) is 0 Å². The third kappa shape index (κ3) is 3.81. The van der Waals surface area contributed by atoms with Gasteiger partial charge < -0.3 is 14.4 Å². The van der Waals surface area contributed by atoms with E-state index < -0.39 is 10.0 Å². The van der Waals surface area contributed by atoms with Crippen LogP contribution in [0.15, 0.2) is 9.42 Å². The van der Waals surface area contributed by atoms with Gasteiger partial charge in [0, 0.05) is 37.4 Å². The van der Waals surface area contributed by atoms with Crippen molar-refractivity contribution in [2.45, 2.75) is 52.4 Å². The van der Waals surface area contributed by atoms with Crippen LogP contribution in [0.5, 0.6) is 0 Å². The maximum absolute atomic E-state index is 13.2. The molecule has 2 aromatic rings. The zero-order valence-electron chi connectivity index (χ0n) is 18.0. The van der Waals surface area contributed by atoms with Gasteiger partial charge in [-0.2, -0.15) is 4.31 Å². The van der Waals surface area contributed by atoms with E-state index in [0.29, 0.717) is 29.1 Å². The maximum Gasteiger partial charge on any atom is 0.270 e. The van der Waals surface area contributed by atoms with Crippen molar-refractivity contribution < 1.29 is 22.5 Å². The number of nitrogens with zero attached hydrogens (tertiary/aromatic N) is 3. The lowest BCUT2D eigenvalue weighted by atomic mass is 10.0. The molecule has 30 heavy (non-hydrogen) atoms. The van der Waals surface area contributed by atoms with Gasteiger partial charge in [0.25, 0.3) is 5.91 Å². The largest absolute Gasteiger partial charge is 0.360 e. The molecule has 0 aromatic carbocycles. The number of aromatic amines is 1. The van der Waals surface area contributed by atoms with Gasteiger partial charge in [-0.1, -0.05) is 18.5 Å². The Kier molecular flexibility index (Phi) is 6.19. The number of rotatable bonds is 6. The highest BCUT2D eigenvalue weighted by atomic mass is 32.2. The standard InChI is InChI=1S/C20H28N4O5S/c1-6-7-16-17(14(4)25)12(2)21-18(16)20(26)23-8-10-24(11-9-23)30(27,28)19-13(3)22-29-15(19)5/h21H,6-11H2,1-5H3. The van der Waals surface area contributed by atoms with Crippen molar-refractivity contribution in [3.05, 3.63) is 34.0 Å². The number of carbonyl (C=O) groups is 2. The van der Waals surface area contributed by atoms with Gasteiger partial charge >= 0.3 is 0 Å². The Morgan fingerprint density at radius 3 is 2.27 bits per heavy atom. The van der Waals surface area contributed by atoms with Gasteiger partial charge in [-0.3, -0.25) is 9.59 Å². The van der Waals surface area contributed by atoms with E-state index in [2.05, 4.69) is 10.1 Å². The molecule has 164 valence electrons. The lowest BCUT2D eigenvalue weighted by molar-refractivity contribution is 0.0691. The van der Waals surface area contributed by atoms with Gasteiger partial charge in [0.15, 0.2) is 11.5 Å². The number of sulfonamides is 1. The highest BCUT2D eigenvalue weighted by Crippen LogP contribution is 2.26. The molecular formula is C20H28N4O5S. The first-order valence-corrected chi connectivity index (χ1v) is 11.5. The first-order chi connectivity index (χ1) is 14.1. The summed E-state index contributed by atoms with van der Waals surface area (Å²) in [7, 11) is -3.74. The lowest BCUT2D eigenvalue weighted by Gasteiger charge is -2.33. The van der Waals surface area contributed by atoms with Crippen LogP contribution in [0.1, 0.15) is 63.8 Å². The van der Waals surface area contributed by atoms with E-state index in [9.17, 15) is 18.0 Å². The number of Topliss-reactive ketones (excluding diaryl/α,β-unsaturated/α-hetero) is 1. The molecule has 0 bridgehead atoms. The predicted octanol–water partition coefficient (Wildman–Crippen LogP) is 2.23. The van der Waals surface area contributed by atoms with Gasteiger partial charge in [-0.15, -0.1) is 0 Å². The van der Waals surface area contributed by atoms with Crippen molar-refractivity contribution in [1.29, 1.82) is 0 Å². The highest BCUT2D eigenvalue weighted by Gasteiger charge is 2.35. The van der Waals surface area contributed by atoms with Crippen LogP contribution in [-0.2, 0) is 16.4 Å². The monoisotopic (exact) mass is 436 g/mol. The van der Waals surface area contributed by atoms with Crippen molar-refractivity contribution in [3.8, 4) is 0 Å². The fourth-order valence-corrected chi connectivity index (χ4v) is 5.81. The average Bonchev–Trinajstić information content (AvgIpc) is 3.20. The summed E-state index contributed by atoms with van der Waals surface area (Å²) < 4.78 is 32.3. The van der Waals surface area contributed by atoms with Crippen LogP contribution >= 0.6 is 0 Å². The Morgan fingerprint density at radius 1 is 1.13 bits per heavy atom. The number of ketones is 1. The van der Waals surface area contributed by atoms with Crippen LogP contribution in [0.2, 0.25) is 0 Å². The number of H-pyrrole nitrogens is 1. The van der Waals surface area contributed by atoms with Crippen molar-refractivity contribution in [2.75, 3.05) is 26.2 Å². The van der Waals surface area contributed by atoms with E-state index in [1.165, 1.54) is 11.2 Å². The van der Waals surface area contributed by atoms with Crippen molar-refractivity contribution >= 4 is 21.7 Å². The molecular weight excluding hydrogens is 408 g/mol. The molecule has 0 spiro atoms. The summed E-state index contributed by atoms with van der Waals surface area (Å²) in [6.45, 7) is 9.35. The maximum atomic E-state index is 13.2. The summed E-state index contributed by atoms with van der Waals surface area (Å²) >= 11 is 0. The molecule has 10 heteroatoms. The van der Waals surface area contributed by atoms with Crippen LogP contribution in [0.4, 0.5) is 0 Å². The molecule has 1 N–H and O–H groups in total. The summed E-state index contributed by atoms with van der Waals surface area (Å²) in [6.07, 6.45) is 1.43. The molecule has 0 radical (unpaired) electrons. The summed E-state index contributed by atoms with van der Waals surface area (Å²) in [5, 5.41) is 3.73. The molecule has 1 amide bonds. The first-order valence-electron chi connectivity index (χ1n) is 10.0. The van der Waals surface area contributed by atoms with Crippen LogP contribution in [-0.4, -0.2) is 65.6 Å². The minimum absolute atomic E-state index is 0.0679. The molecule has 3 heterocycles. The number of piperazine rings is 1. The lowest BCUT2D eigenvalue weighted by Crippen LogP contribution is -2.50. The normalized spacial score (nSPS) is 15.6. The predicted molar refractivity (Wildman–Crippen MR) is 110 cm³/mol. The highest BCUT2D eigenvalue weighted by molar-refractivity contribution is 7.89. The van der Waals surface area contributed by atoms with E-state index in [-0.39, 0.29) is 48.5 Å². The topological polar surface area (TPSA) is 117 Å². The molecule has 0 atom stereocenters. The number of carbonyl (C=O) groups excluding carboxylic acids is 2. The summed E-state index contributed by atoms with van der Waals surface area (Å²) in [4.78, 5) is 30.1. The molecule has 0 saturated carbocycles. The number of hydrogen-bond acceptors (Lipinski definition) is 6. The Balaban J connectivity index is 1.80. The van der Waals surface area contributed by atoms with Crippen LogP contribution in [0, 0.1) is 20.8 Å². The van der Waals surface area contributed by atoms with Crippen molar-refractivity contribution in [3.63, 3.8) is 0 Å². The summed E-state index contributed by atoms with van der Waals surface area (Å²) in [6, 6.07) is 0. The molecule has 2 aromatic heterocycles. The van der Waals surface area contributed by atoms with Gasteiger partial charge in [0.2, 0.25) is 10.0 Å². The Morgan fingerprint density at radius 2 is 1.77 bits per heavy atom. The first kappa shape index (κ1) is 22.2. The molecule has 3 rings (SSSR count). The third-order valence-corrected chi connectivity index (χ3v) is 7.59. The minimum atomic E-state index is -3.74. The van der Waals surface area contributed by atoms with Crippen LogP contribution < -0.4 is 0 Å². The number of amides is 1. The van der Waals surface area contributed by atoms with Crippen LogP contribution in [0.25, 0.3) is 0 Å². The second kappa shape index (κ2) is 8.35. The smallest absolute Gasteiger partial charge is 0.270 e. The molecule has 1 saturated heterocycles. The number of hydrogen-bond donors (Lipinski definition) is 1. The van der Waals surface area contributed by atoms with Gasteiger partial charge in [-0.05, 0) is 39.7 Å². The second-order valence-electron chi connectivity index (χ2n) is 7.63. The van der Waals surface area contributed by atoms with E-state index in [4.69, 9.17) is 4.52 Å². The number of aryl methyl sites for hydroxylation is 3. The van der Waals surface area contributed by atoms with Crippen molar-refractivity contribution in [1.82, 2.24) is 19.3 Å². The average molecular weight is 437 g/mol. The quantitative estimate of drug-likeness (QED) is 0.694. The molecule has 1 fully saturated rings. The van der Waals surface area contributed by atoms with Gasteiger partial charge in [-0.25, -0.2) is 8.42 Å². The van der Waals surface area contributed by atoms with Gasteiger partial charge in [0.05, 0.1) is 0 Å².